The fourth-order valence-electron chi connectivity index (χ4n) is 1.45. The molecule has 0 saturated heterocycles. The first-order valence-corrected chi connectivity index (χ1v) is 5.60. The minimum absolute atomic E-state index is 0.195. The maximum absolute atomic E-state index is 13.4. The largest absolute Gasteiger partial charge is 0.366 e. The van der Waals surface area contributed by atoms with E-state index < -0.39 is 11.6 Å². The first-order valence-electron chi connectivity index (χ1n) is 5.23. The molecule has 0 bridgehead atoms. The van der Waals surface area contributed by atoms with Crippen molar-refractivity contribution in [3.05, 3.63) is 52.4 Å². The van der Waals surface area contributed by atoms with Crippen LogP contribution in [0.2, 0.25) is 5.15 Å². The van der Waals surface area contributed by atoms with Crippen LogP contribution in [-0.2, 0) is 6.54 Å². The number of hydrogen-bond acceptors (Lipinski definition) is 3. The van der Waals surface area contributed by atoms with Crippen LogP contribution in [0.1, 0.15) is 11.1 Å². The van der Waals surface area contributed by atoms with Gasteiger partial charge in [0.25, 0.3) is 0 Å². The number of halogens is 3. The number of hydrogen-bond donors (Lipinski definition) is 1. The molecule has 0 aliphatic carbocycles. The van der Waals surface area contributed by atoms with Gasteiger partial charge in [-0.15, -0.1) is 0 Å². The second kappa shape index (κ2) is 5.27. The van der Waals surface area contributed by atoms with Gasteiger partial charge in [-0.2, -0.15) is 0 Å². The van der Waals surface area contributed by atoms with E-state index in [2.05, 4.69) is 15.3 Å². The Bertz CT molecular complexity index is 575. The predicted octanol–water partition coefficient (Wildman–Crippen LogP) is 3.33. The highest BCUT2D eigenvalue weighted by molar-refractivity contribution is 6.30. The summed E-state index contributed by atoms with van der Waals surface area (Å²) in [5.74, 6) is -0.670. The van der Waals surface area contributed by atoms with Crippen LogP contribution in [-0.4, -0.2) is 9.97 Å². The Labute approximate surface area is 108 Å². The van der Waals surface area contributed by atoms with Crippen LogP contribution in [0.15, 0.2) is 24.5 Å². The van der Waals surface area contributed by atoms with Crippen molar-refractivity contribution in [3.63, 3.8) is 0 Å². The molecule has 0 fully saturated rings. The summed E-state index contributed by atoms with van der Waals surface area (Å²) in [7, 11) is 0. The molecule has 18 heavy (non-hydrogen) atoms. The van der Waals surface area contributed by atoms with Crippen molar-refractivity contribution >= 4 is 17.4 Å². The molecule has 1 aromatic carbocycles. The van der Waals surface area contributed by atoms with Crippen LogP contribution in [0.4, 0.5) is 14.6 Å². The van der Waals surface area contributed by atoms with Crippen LogP contribution in [0.25, 0.3) is 0 Å². The van der Waals surface area contributed by atoms with E-state index in [1.165, 1.54) is 18.5 Å². The smallest absolute Gasteiger partial charge is 0.137 e. The lowest BCUT2D eigenvalue weighted by molar-refractivity contribution is 0.574. The fourth-order valence-corrected chi connectivity index (χ4v) is 1.58. The molecule has 0 radical (unpaired) electrons. The average molecular weight is 270 g/mol. The fraction of sp³-hybridized carbons (Fsp3) is 0.167. The molecule has 94 valence electrons. The lowest BCUT2D eigenvalue weighted by Crippen LogP contribution is -2.05. The van der Waals surface area contributed by atoms with Crippen LogP contribution >= 0.6 is 11.6 Å². The SMILES string of the molecule is Cc1c(Cl)ncnc1NCc1ccc(F)cc1F. The molecule has 0 atom stereocenters. The third kappa shape index (κ3) is 2.73. The van der Waals surface area contributed by atoms with E-state index in [0.717, 1.165) is 6.07 Å². The summed E-state index contributed by atoms with van der Waals surface area (Å²) in [5.41, 5.74) is 1.03. The van der Waals surface area contributed by atoms with Gasteiger partial charge >= 0.3 is 0 Å². The van der Waals surface area contributed by atoms with Gasteiger partial charge in [0.15, 0.2) is 0 Å². The highest BCUT2D eigenvalue weighted by Gasteiger charge is 2.07. The molecule has 3 nitrogen and oxygen atoms in total. The predicted molar refractivity (Wildman–Crippen MR) is 65.5 cm³/mol. The number of benzene rings is 1. The summed E-state index contributed by atoms with van der Waals surface area (Å²) >= 11 is 5.83. The molecule has 1 aromatic heterocycles. The lowest BCUT2D eigenvalue weighted by Gasteiger charge is -2.09. The first kappa shape index (κ1) is 12.7. The van der Waals surface area contributed by atoms with Gasteiger partial charge in [0.05, 0.1) is 0 Å². The van der Waals surface area contributed by atoms with E-state index in [9.17, 15) is 8.78 Å². The van der Waals surface area contributed by atoms with E-state index in [1.807, 2.05) is 0 Å². The molecule has 0 saturated carbocycles. The zero-order valence-corrected chi connectivity index (χ0v) is 10.3. The Balaban J connectivity index is 2.14. The molecule has 0 spiro atoms. The molecule has 0 amide bonds. The molecule has 0 aliphatic heterocycles. The molecular formula is C12H10ClF2N3. The normalized spacial score (nSPS) is 10.4. The maximum Gasteiger partial charge on any atom is 0.137 e. The molecule has 6 heteroatoms. The zero-order valence-electron chi connectivity index (χ0n) is 9.54. The van der Waals surface area contributed by atoms with Gasteiger partial charge in [-0.05, 0) is 13.0 Å². The van der Waals surface area contributed by atoms with E-state index in [0.29, 0.717) is 22.1 Å². The second-order valence-corrected chi connectivity index (χ2v) is 4.09. The third-order valence-electron chi connectivity index (χ3n) is 2.48. The Morgan fingerprint density at radius 3 is 2.78 bits per heavy atom. The molecule has 0 aliphatic rings. The molecular weight excluding hydrogens is 260 g/mol. The number of anilines is 1. The van der Waals surface area contributed by atoms with Crippen molar-refractivity contribution in [3.8, 4) is 0 Å². The summed E-state index contributed by atoms with van der Waals surface area (Å²) in [4.78, 5) is 7.81. The topological polar surface area (TPSA) is 37.8 Å². The monoisotopic (exact) mass is 269 g/mol. The second-order valence-electron chi connectivity index (χ2n) is 3.73. The van der Waals surface area contributed by atoms with Crippen molar-refractivity contribution in [1.29, 1.82) is 0 Å². The van der Waals surface area contributed by atoms with Gasteiger partial charge < -0.3 is 5.32 Å². The van der Waals surface area contributed by atoms with E-state index in [1.54, 1.807) is 6.92 Å². The summed E-state index contributed by atoms with van der Waals surface area (Å²) in [6, 6.07) is 3.44. The summed E-state index contributed by atoms with van der Waals surface area (Å²) in [6.07, 6.45) is 1.32. The van der Waals surface area contributed by atoms with Gasteiger partial charge in [-0.25, -0.2) is 18.7 Å². The van der Waals surface area contributed by atoms with Crippen molar-refractivity contribution in [2.75, 3.05) is 5.32 Å². The Morgan fingerprint density at radius 1 is 1.28 bits per heavy atom. The quantitative estimate of drug-likeness (QED) is 0.869. The molecule has 2 aromatic rings. The standard InChI is InChI=1S/C12H10ClF2N3/c1-7-11(13)17-6-18-12(7)16-5-8-2-3-9(14)4-10(8)15/h2-4,6H,5H2,1H3,(H,16,17,18). The van der Waals surface area contributed by atoms with Crippen LogP contribution in [0.3, 0.4) is 0 Å². The van der Waals surface area contributed by atoms with Crippen molar-refractivity contribution in [2.24, 2.45) is 0 Å². The number of rotatable bonds is 3. The third-order valence-corrected chi connectivity index (χ3v) is 2.87. The van der Waals surface area contributed by atoms with Gasteiger partial charge in [0.1, 0.15) is 28.9 Å². The molecule has 1 heterocycles. The first-order chi connectivity index (χ1) is 8.58. The van der Waals surface area contributed by atoms with E-state index in [-0.39, 0.29) is 6.54 Å². The summed E-state index contributed by atoms with van der Waals surface area (Å²) < 4.78 is 26.1. The Kier molecular flexibility index (Phi) is 3.72. The van der Waals surface area contributed by atoms with Crippen LogP contribution in [0, 0.1) is 18.6 Å². The van der Waals surface area contributed by atoms with Gasteiger partial charge in [0.2, 0.25) is 0 Å². The minimum Gasteiger partial charge on any atom is -0.366 e. The van der Waals surface area contributed by atoms with Gasteiger partial charge in [0, 0.05) is 23.7 Å². The highest BCUT2D eigenvalue weighted by Crippen LogP contribution is 2.19. The summed E-state index contributed by atoms with van der Waals surface area (Å²) in [5, 5.41) is 3.27. The number of nitrogens with one attached hydrogen (secondary N) is 1. The van der Waals surface area contributed by atoms with Gasteiger partial charge in [-0.1, -0.05) is 17.7 Å². The molecule has 1 N–H and O–H groups in total. The zero-order chi connectivity index (χ0) is 13.1. The summed E-state index contributed by atoms with van der Waals surface area (Å²) in [6.45, 7) is 1.95. The lowest BCUT2D eigenvalue weighted by atomic mass is 10.2. The van der Waals surface area contributed by atoms with Gasteiger partial charge in [-0.3, -0.25) is 0 Å². The Hall–Kier alpha value is -1.75. The number of aromatic nitrogens is 2. The van der Waals surface area contributed by atoms with Crippen molar-refractivity contribution in [1.82, 2.24) is 9.97 Å². The highest BCUT2D eigenvalue weighted by atomic mass is 35.5. The van der Waals surface area contributed by atoms with Crippen LogP contribution in [0.5, 0.6) is 0 Å². The minimum atomic E-state index is -0.600. The molecule has 0 unspecified atom stereocenters. The van der Waals surface area contributed by atoms with Crippen molar-refractivity contribution < 1.29 is 8.78 Å². The van der Waals surface area contributed by atoms with E-state index in [4.69, 9.17) is 11.6 Å². The average Bonchev–Trinajstić information content (AvgIpc) is 2.33. The number of nitrogens with zero attached hydrogens (tertiary/aromatic N) is 2. The molecule has 2 rings (SSSR count). The Morgan fingerprint density at radius 2 is 2.06 bits per heavy atom. The van der Waals surface area contributed by atoms with Crippen molar-refractivity contribution in [2.45, 2.75) is 13.5 Å². The van der Waals surface area contributed by atoms with E-state index >= 15 is 0 Å². The maximum atomic E-state index is 13.4. The van der Waals surface area contributed by atoms with Crippen LogP contribution < -0.4 is 5.32 Å².